The van der Waals surface area contributed by atoms with Crippen molar-refractivity contribution in [1.29, 1.82) is 5.26 Å². The maximum Gasteiger partial charge on any atom is 0.333 e. The van der Waals surface area contributed by atoms with Gasteiger partial charge in [0, 0.05) is 11.6 Å². The second kappa shape index (κ2) is 13.5. The summed E-state index contributed by atoms with van der Waals surface area (Å²) in [7, 11) is 0. The Hall–Kier alpha value is -1.56. The summed E-state index contributed by atoms with van der Waals surface area (Å²) in [4.78, 5) is 11.1. The molecule has 0 aliphatic carbocycles. The van der Waals surface area contributed by atoms with Crippen molar-refractivity contribution in [3.05, 3.63) is 24.8 Å². The van der Waals surface area contributed by atoms with Gasteiger partial charge in [0.1, 0.15) is 0 Å². The first kappa shape index (κ1) is 18.8. The maximum atomic E-state index is 11.1. The van der Waals surface area contributed by atoms with Gasteiger partial charge in [-0.15, -0.1) is 0 Å². The number of hydrogen-bond acceptors (Lipinski definition) is 3. The zero-order chi connectivity index (χ0) is 14.4. The van der Waals surface area contributed by atoms with Gasteiger partial charge in [-0.3, -0.25) is 0 Å². The lowest BCUT2D eigenvalue weighted by Gasteiger charge is -2.14. The van der Waals surface area contributed by atoms with Gasteiger partial charge in [0.25, 0.3) is 0 Å². The number of ether oxygens (including phenoxy) is 1. The highest BCUT2D eigenvalue weighted by Gasteiger charge is 2.09. The van der Waals surface area contributed by atoms with Crippen molar-refractivity contribution in [3.8, 4) is 6.07 Å². The number of unbranched alkanes of at least 4 members (excludes halogenated alkanes) is 1. The van der Waals surface area contributed by atoms with Crippen LogP contribution in [-0.2, 0) is 9.53 Å². The van der Waals surface area contributed by atoms with Crippen LogP contribution >= 0.6 is 0 Å². The molecule has 1 unspecified atom stereocenters. The number of esters is 1. The van der Waals surface area contributed by atoms with Gasteiger partial charge in [-0.25, -0.2) is 4.79 Å². The fraction of sp³-hybridized carbons (Fsp3) is 0.600. The SMILES string of the molecule is C=C(C)C(=O)OCC(CC)CCCC.C=CC#N. The van der Waals surface area contributed by atoms with E-state index in [2.05, 4.69) is 27.0 Å². The van der Waals surface area contributed by atoms with E-state index >= 15 is 0 Å². The minimum absolute atomic E-state index is 0.264. The molecule has 0 heterocycles. The van der Waals surface area contributed by atoms with Crippen molar-refractivity contribution in [2.24, 2.45) is 5.92 Å². The summed E-state index contributed by atoms with van der Waals surface area (Å²) in [5, 5.41) is 7.51. The summed E-state index contributed by atoms with van der Waals surface area (Å²) in [5.41, 5.74) is 0.482. The third kappa shape index (κ3) is 12.5. The van der Waals surface area contributed by atoms with Gasteiger partial charge in [0.2, 0.25) is 0 Å². The Balaban J connectivity index is 0. The molecule has 0 aliphatic heterocycles. The average Bonchev–Trinajstić information content (AvgIpc) is 2.38. The van der Waals surface area contributed by atoms with Gasteiger partial charge in [-0.05, 0) is 19.3 Å². The highest BCUT2D eigenvalue weighted by molar-refractivity contribution is 5.86. The molecule has 3 nitrogen and oxygen atoms in total. The number of rotatable bonds is 7. The third-order valence-electron chi connectivity index (χ3n) is 2.43. The number of nitriles is 1. The van der Waals surface area contributed by atoms with E-state index in [-0.39, 0.29) is 5.97 Å². The summed E-state index contributed by atoms with van der Waals surface area (Å²) in [5.74, 6) is 0.248. The monoisotopic (exact) mass is 251 g/mol. The van der Waals surface area contributed by atoms with Gasteiger partial charge >= 0.3 is 5.97 Å². The number of carbonyl (C=O) groups is 1. The first-order valence-corrected chi connectivity index (χ1v) is 6.36. The van der Waals surface area contributed by atoms with Crippen LogP contribution in [0.25, 0.3) is 0 Å². The molecule has 0 amide bonds. The minimum atomic E-state index is -0.264. The van der Waals surface area contributed by atoms with Gasteiger partial charge < -0.3 is 4.74 Å². The van der Waals surface area contributed by atoms with E-state index < -0.39 is 0 Å². The van der Waals surface area contributed by atoms with E-state index in [9.17, 15) is 4.79 Å². The van der Waals surface area contributed by atoms with Crippen LogP contribution in [0.5, 0.6) is 0 Å². The normalized spacial score (nSPS) is 10.3. The van der Waals surface area contributed by atoms with Crippen molar-refractivity contribution in [1.82, 2.24) is 0 Å². The fourth-order valence-corrected chi connectivity index (χ4v) is 1.21. The van der Waals surface area contributed by atoms with Crippen molar-refractivity contribution >= 4 is 5.97 Å². The van der Waals surface area contributed by atoms with Crippen LogP contribution in [0.3, 0.4) is 0 Å². The number of carbonyl (C=O) groups excluding carboxylic acids is 1. The molecule has 0 aromatic carbocycles. The molecule has 102 valence electrons. The van der Waals surface area contributed by atoms with Gasteiger partial charge in [0.15, 0.2) is 0 Å². The van der Waals surface area contributed by atoms with Crippen LogP contribution in [0.1, 0.15) is 46.5 Å². The summed E-state index contributed by atoms with van der Waals surface area (Å²) >= 11 is 0. The Morgan fingerprint density at radius 1 is 1.50 bits per heavy atom. The van der Waals surface area contributed by atoms with Crippen LogP contribution in [0, 0.1) is 17.2 Å². The Bertz CT molecular complexity index is 289. The first-order chi connectivity index (χ1) is 8.53. The van der Waals surface area contributed by atoms with Gasteiger partial charge in [-0.2, -0.15) is 5.26 Å². The van der Waals surface area contributed by atoms with Crippen molar-refractivity contribution in [2.75, 3.05) is 6.61 Å². The quantitative estimate of drug-likeness (QED) is 0.390. The lowest BCUT2D eigenvalue weighted by molar-refractivity contribution is -0.140. The smallest absolute Gasteiger partial charge is 0.333 e. The molecule has 0 bridgehead atoms. The lowest BCUT2D eigenvalue weighted by atomic mass is 10.0. The summed E-state index contributed by atoms with van der Waals surface area (Å²) in [6.45, 7) is 13.2. The standard InChI is InChI=1S/C12H22O2.C3H3N/c1-5-7-8-11(6-2)9-14-12(13)10(3)4;1-2-3-4/h11H,3,5-9H2,1-2,4H3;2H,1H2. The molecule has 0 fully saturated rings. The van der Waals surface area contributed by atoms with Gasteiger partial charge in [-0.1, -0.05) is 46.3 Å². The largest absolute Gasteiger partial charge is 0.462 e. The Morgan fingerprint density at radius 3 is 2.39 bits per heavy atom. The Morgan fingerprint density at radius 2 is 2.06 bits per heavy atom. The second-order valence-electron chi connectivity index (χ2n) is 4.13. The second-order valence-corrected chi connectivity index (χ2v) is 4.13. The molecule has 1 atom stereocenters. The molecule has 3 heteroatoms. The highest BCUT2D eigenvalue weighted by Crippen LogP contribution is 2.13. The third-order valence-corrected chi connectivity index (χ3v) is 2.43. The molecule has 0 spiro atoms. The Labute approximate surface area is 111 Å². The topological polar surface area (TPSA) is 50.1 Å². The number of allylic oxidation sites excluding steroid dienone is 1. The number of hydrogen-bond donors (Lipinski definition) is 0. The van der Waals surface area contributed by atoms with Gasteiger partial charge in [0.05, 0.1) is 12.7 Å². The molecular formula is C15H25NO2. The Kier molecular flexibility index (Phi) is 14.1. The van der Waals surface area contributed by atoms with Crippen molar-refractivity contribution < 1.29 is 9.53 Å². The van der Waals surface area contributed by atoms with Crippen molar-refractivity contribution in [2.45, 2.75) is 46.5 Å². The molecule has 18 heavy (non-hydrogen) atoms. The lowest BCUT2D eigenvalue weighted by Crippen LogP contribution is -2.14. The minimum Gasteiger partial charge on any atom is -0.462 e. The number of nitrogens with zero attached hydrogens (tertiary/aromatic N) is 1. The van der Waals surface area contributed by atoms with Crippen LogP contribution < -0.4 is 0 Å². The molecular weight excluding hydrogens is 226 g/mol. The van der Waals surface area contributed by atoms with E-state index in [4.69, 9.17) is 10.00 Å². The first-order valence-electron chi connectivity index (χ1n) is 6.36. The summed E-state index contributed by atoms with van der Waals surface area (Å²) in [6, 6.07) is 1.69. The van der Waals surface area contributed by atoms with E-state index in [0.717, 1.165) is 12.8 Å². The molecule has 0 saturated heterocycles. The fourth-order valence-electron chi connectivity index (χ4n) is 1.21. The van der Waals surface area contributed by atoms with Crippen LogP contribution in [0.15, 0.2) is 24.8 Å². The molecule has 0 saturated carbocycles. The molecule has 0 aromatic rings. The van der Waals surface area contributed by atoms with E-state index in [1.165, 1.54) is 18.9 Å². The zero-order valence-corrected chi connectivity index (χ0v) is 11.9. The van der Waals surface area contributed by atoms with E-state index in [0.29, 0.717) is 18.1 Å². The molecule has 0 aromatic heterocycles. The van der Waals surface area contributed by atoms with Crippen LogP contribution in [0.2, 0.25) is 0 Å². The average molecular weight is 251 g/mol. The predicted molar refractivity (Wildman–Crippen MR) is 74.9 cm³/mol. The van der Waals surface area contributed by atoms with E-state index in [1.54, 1.807) is 13.0 Å². The van der Waals surface area contributed by atoms with Crippen molar-refractivity contribution in [3.63, 3.8) is 0 Å². The van der Waals surface area contributed by atoms with Crippen LogP contribution in [-0.4, -0.2) is 12.6 Å². The zero-order valence-electron chi connectivity index (χ0n) is 11.9. The molecule has 0 N–H and O–H groups in total. The highest BCUT2D eigenvalue weighted by atomic mass is 16.5. The predicted octanol–water partition coefficient (Wildman–Crippen LogP) is 4.02. The summed E-state index contributed by atoms with van der Waals surface area (Å²) in [6.07, 6.45) is 5.81. The van der Waals surface area contributed by atoms with Crippen LogP contribution in [0.4, 0.5) is 0 Å². The van der Waals surface area contributed by atoms with E-state index in [1.807, 2.05) is 0 Å². The molecule has 0 aliphatic rings. The summed E-state index contributed by atoms with van der Waals surface area (Å²) < 4.78 is 5.12. The molecule has 0 radical (unpaired) electrons. The molecule has 0 rings (SSSR count). The maximum absolute atomic E-state index is 11.1.